The van der Waals surface area contributed by atoms with Crippen molar-refractivity contribution in [2.24, 2.45) is 10.8 Å². The third-order valence-electron chi connectivity index (χ3n) is 2.44. The number of carbonyl (C=O) groups excluding carboxylic acids is 1. The van der Waals surface area contributed by atoms with Crippen LogP contribution in [-0.2, 0) is 0 Å². The highest BCUT2D eigenvalue weighted by atomic mass is 32.1. The van der Waals surface area contributed by atoms with E-state index in [9.17, 15) is 4.79 Å². The highest BCUT2D eigenvalue weighted by Gasteiger charge is 2.17. The molecule has 0 spiro atoms. The second-order valence-electron chi connectivity index (χ2n) is 3.85. The first-order valence-electron chi connectivity index (χ1n) is 5.83. The number of Topliss-reactive ketones (excluding diaryl/α,β-unsaturated/α-hetero) is 1. The summed E-state index contributed by atoms with van der Waals surface area (Å²) in [6, 6.07) is 14.0. The fourth-order valence-corrected chi connectivity index (χ4v) is 1.61. The summed E-state index contributed by atoms with van der Waals surface area (Å²) >= 11 is 4.70. The first-order valence-corrected chi connectivity index (χ1v) is 6.23. The van der Waals surface area contributed by atoms with Crippen LogP contribution >= 0.6 is 12.2 Å². The third-order valence-corrected chi connectivity index (χ3v) is 2.53. The molecule has 0 unspecified atom stereocenters. The zero-order chi connectivity index (χ0) is 14.4. The summed E-state index contributed by atoms with van der Waals surface area (Å²) in [4.78, 5) is 16.6. The number of nitrogens with zero attached hydrogens (tertiary/aromatic N) is 2. The first-order chi connectivity index (χ1) is 9.68. The van der Waals surface area contributed by atoms with Crippen molar-refractivity contribution in [1.82, 2.24) is 10.4 Å². The minimum absolute atomic E-state index is 0.0145. The summed E-state index contributed by atoms with van der Waals surface area (Å²) in [5.41, 5.74) is 8.89. The van der Waals surface area contributed by atoms with Gasteiger partial charge in [-0.3, -0.25) is 15.2 Å². The van der Waals surface area contributed by atoms with E-state index in [4.69, 9.17) is 18.0 Å². The Morgan fingerprint density at radius 2 is 1.85 bits per heavy atom. The lowest BCUT2D eigenvalue weighted by Gasteiger charge is -2.05. The Hall–Kier alpha value is -2.60. The first kappa shape index (κ1) is 13.8. The Labute approximate surface area is 121 Å². The van der Waals surface area contributed by atoms with Crippen LogP contribution in [0.2, 0.25) is 0 Å². The minimum Gasteiger partial charge on any atom is -0.375 e. The van der Waals surface area contributed by atoms with Crippen molar-refractivity contribution in [3.05, 3.63) is 66.0 Å². The van der Waals surface area contributed by atoms with Gasteiger partial charge in [0.25, 0.3) is 0 Å². The van der Waals surface area contributed by atoms with E-state index in [1.165, 1.54) is 0 Å². The average Bonchev–Trinajstić information content (AvgIpc) is 2.49. The van der Waals surface area contributed by atoms with Gasteiger partial charge in [0.15, 0.2) is 10.8 Å². The zero-order valence-electron chi connectivity index (χ0n) is 10.5. The van der Waals surface area contributed by atoms with Crippen LogP contribution in [-0.4, -0.2) is 21.6 Å². The van der Waals surface area contributed by atoms with Gasteiger partial charge in [0.05, 0.1) is 5.69 Å². The molecule has 20 heavy (non-hydrogen) atoms. The number of aromatic nitrogens is 1. The van der Waals surface area contributed by atoms with E-state index < -0.39 is 0 Å². The topological polar surface area (TPSA) is 80.4 Å². The van der Waals surface area contributed by atoms with Crippen molar-refractivity contribution >= 4 is 28.8 Å². The number of carbonyl (C=O) groups is 1. The van der Waals surface area contributed by atoms with Crippen molar-refractivity contribution in [3.63, 3.8) is 0 Å². The van der Waals surface area contributed by atoms with E-state index >= 15 is 0 Å². The maximum absolute atomic E-state index is 12.5. The van der Waals surface area contributed by atoms with Crippen LogP contribution in [0.3, 0.4) is 0 Å². The lowest BCUT2D eigenvalue weighted by Crippen LogP contribution is -2.28. The zero-order valence-corrected chi connectivity index (χ0v) is 11.3. The number of benzene rings is 1. The van der Waals surface area contributed by atoms with Crippen LogP contribution in [0.15, 0.2) is 59.8 Å². The van der Waals surface area contributed by atoms with E-state index in [2.05, 4.69) is 15.5 Å². The summed E-state index contributed by atoms with van der Waals surface area (Å²) < 4.78 is 0. The highest BCUT2D eigenvalue weighted by Crippen LogP contribution is 2.06. The number of hydrogen-bond donors (Lipinski definition) is 2. The van der Waals surface area contributed by atoms with Gasteiger partial charge in [-0.25, -0.2) is 0 Å². The smallest absolute Gasteiger partial charge is 0.215 e. The summed E-state index contributed by atoms with van der Waals surface area (Å²) in [5, 5.41) is 3.94. The molecule has 0 aliphatic heterocycles. The summed E-state index contributed by atoms with van der Waals surface area (Å²) in [6.07, 6.45) is 1.59. The molecular weight excluding hydrogens is 272 g/mol. The largest absolute Gasteiger partial charge is 0.375 e. The number of hydrazone groups is 1. The molecular formula is C14H12N4OS. The number of nitrogens with one attached hydrogen (secondary N) is 1. The quantitative estimate of drug-likeness (QED) is 0.385. The Bertz CT molecular complexity index is 641. The monoisotopic (exact) mass is 284 g/mol. The van der Waals surface area contributed by atoms with E-state index in [1.807, 2.05) is 6.07 Å². The molecule has 100 valence electrons. The molecule has 0 aliphatic carbocycles. The van der Waals surface area contributed by atoms with Crippen LogP contribution in [0, 0.1) is 0 Å². The average molecular weight is 284 g/mol. The van der Waals surface area contributed by atoms with Gasteiger partial charge in [0, 0.05) is 11.8 Å². The lowest BCUT2D eigenvalue weighted by molar-refractivity contribution is 0.106. The second kappa shape index (κ2) is 6.53. The number of pyridine rings is 1. The molecule has 2 rings (SSSR count). The second-order valence-corrected chi connectivity index (χ2v) is 4.29. The Morgan fingerprint density at radius 1 is 1.15 bits per heavy atom. The molecule has 2 aromatic rings. The van der Waals surface area contributed by atoms with Crippen LogP contribution in [0.4, 0.5) is 0 Å². The van der Waals surface area contributed by atoms with Crippen molar-refractivity contribution in [2.45, 2.75) is 0 Å². The van der Waals surface area contributed by atoms with E-state index in [0.29, 0.717) is 11.3 Å². The highest BCUT2D eigenvalue weighted by molar-refractivity contribution is 7.80. The molecule has 0 aliphatic rings. The Balaban J connectivity index is 2.40. The van der Waals surface area contributed by atoms with Gasteiger partial charge in [0.1, 0.15) is 0 Å². The van der Waals surface area contributed by atoms with Crippen LogP contribution in [0.1, 0.15) is 16.1 Å². The van der Waals surface area contributed by atoms with Crippen molar-refractivity contribution < 1.29 is 4.79 Å². The molecule has 0 fully saturated rings. The van der Waals surface area contributed by atoms with Gasteiger partial charge in [-0.2, -0.15) is 5.10 Å². The van der Waals surface area contributed by atoms with Crippen molar-refractivity contribution in [3.8, 4) is 0 Å². The number of ketones is 1. The van der Waals surface area contributed by atoms with Gasteiger partial charge >= 0.3 is 0 Å². The van der Waals surface area contributed by atoms with Crippen molar-refractivity contribution in [2.75, 3.05) is 0 Å². The Kier molecular flexibility index (Phi) is 4.52. The van der Waals surface area contributed by atoms with E-state index in [0.717, 1.165) is 0 Å². The summed E-state index contributed by atoms with van der Waals surface area (Å²) in [7, 11) is 0. The molecule has 1 heterocycles. The maximum Gasteiger partial charge on any atom is 0.215 e. The predicted molar refractivity (Wildman–Crippen MR) is 81.5 cm³/mol. The fraction of sp³-hybridized carbons (Fsp3) is 0. The predicted octanol–water partition coefficient (Wildman–Crippen LogP) is 1.50. The maximum atomic E-state index is 12.5. The van der Waals surface area contributed by atoms with Crippen LogP contribution in [0.5, 0.6) is 0 Å². The molecule has 0 radical (unpaired) electrons. The normalized spacial score (nSPS) is 10.9. The van der Waals surface area contributed by atoms with Gasteiger partial charge in [-0.15, -0.1) is 0 Å². The van der Waals surface area contributed by atoms with Crippen molar-refractivity contribution in [1.29, 1.82) is 0 Å². The fourth-order valence-electron chi connectivity index (χ4n) is 1.56. The van der Waals surface area contributed by atoms with Crippen LogP contribution in [0.25, 0.3) is 0 Å². The SMILES string of the molecule is NC(=S)N/N=C(/C(=O)c1ccccc1)c1ccccn1. The molecule has 0 saturated heterocycles. The number of thiocarbonyl (C=S) groups is 1. The summed E-state index contributed by atoms with van der Waals surface area (Å²) in [6.45, 7) is 0. The molecule has 6 heteroatoms. The standard InChI is InChI=1S/C14H12N4OS/c15-14(20)18-17-12(11-8-4-5-9-16-11)13(19)10-6-2-1-3-7-10/h1-9H,(H3,15,18,20)/b17-12+. The Morgan fingerprint density at radius 3 is 2.45 bits per heavy atom. The van der Waals surface area contributed by atoms with Gasteiger partial charge in [0.2, 0.25) is 5.78 Å². The molecule has 0 saturated carbocycles. The summed E-state index contributed by atoms with van der Waals surface area (Å²) in [5.74, 6) is -0.256. The number of rotatable bonds is 4. The van der Waals surface area contributed by atoms with E-state index in [1.54, 1.807) is 48.7 Å². The van der Waals surface area contributed by atoms with Gasteiger partial charge < -0.3 is 5.73 Å². The number of hydrogen-bond acceptors (Lipinski definition) is 4. The molecule has 0 amide bonds. The molecule has 3 N–H and O–H groups in total. The lowest BCUT2D eigenvalue weighted by atomic mass is 10.0. The molecule has 1 aromatic carbocycles. The van der Waals surface area contributed by atoms with Crippen LogP contribution < -0.4 is 11.2 Å². The number of nitrogens with two attached hydrogens (primary N) is 1. The minimum atomic E-state index is -0.256. The molecule has 5 nitrogen and oxygen atoms in total. The van der Waals surface area contributed by atoms with Gasteiger partial charge in [-0.1, -0.05) is 36.4 Å². The van der Waals surface area contributed by atoms with Gasteiger partial charge in [-0.05, 0) is 24.4 Å². The third kappa shape index (κ3) is 3.46. The molecule has 1 aromatic heterocycles. The van der Waals surface area contributed by atoms with E-state index in [-0.39, 0.29) is 16.6 Å². The molecule has 0 bridgehead atoms. The molecule has 0 atom stereocenters.